The first kappa shape index (κ1) is 30.9. The smallest absolute Gasteiger partial charge is 0.0236 e. The number of piperidine rings is 2. The summed E-state index contributed by atoms with van der Waals surface area (Å²) in [6, 6.07) is 25.6. The number of nitrogens with zero attached hydrogens (tertiary/aromatic N) is 4. The van der Waals surface area contributed by atoms with Gasteiger partial charge in [-0.15, -0.1) is 0 Å². The van der Waals surface area contributed by atoms with Crippen LogP contribution < -0.4 is 0 Å². The van der Waals surface area contributed by atoms with Gasteiger partial charge in [0.25, 0.3) is 0 Å². The highest BCUT2D eigenvalue weighted by Gasteiger charge is 2.42. The lowest BCUT2D eigenvalue weighted by Gasteiger charge is -2.50. The highest BCUT2D eigenvalue weighted by atomic mass is 15.2. The molecule has 0 N–H and O–H groups in total. The van der Waals surface area contributed by atoms with E-state index in [9.17, 15) is 0 Å². The Morgan fingerprint density at radius 2 is 0.773 bits per heavy atom. The zero-order valence-corrected chi connectivity index (χ0v) is 27.6. The maximum absolute atomic E-state index is 2.84. The number of fused-ring (bicyclic) bond motifs is 2. The Hall–Kier alpha value is -1.72. The molecule has 0 unspecified atom stereocenters. The molecule has 44 heavy (non-hydrogen) atoms. The van der Waals surface area contributed by atoms with E-state index in [2.05, 4.69) is 80.3 Å². The molecule has 0 amide bonds. The minimum atomic E-state index is 0.841. The van der Waals surface area contributed by atoms with Crippen molar-refractivity contribution in [2.24, 2.45) is 11.8 Å². The van der Waals surface area contributed by atoms with Gasteiger partial charge in [-0.25, -0.2) is 0 Å². The van der Waals surface area contributed by atoms with Crippen LogP contribution >= 0.6 is 0 Å². The summed E-state index contributed by atoms with van der Waals surface area (Å²) in [7, 11) is 0. The van der Waals surface area contributed by atoms with Crippen molar-refractivity contribution >= 4 is 0 Å². The summed E-state index contributed by atoms with van der Waals surface area (Å²) in [6.45, 7) is 10.4. The van der Waals surface area contributed by atoms with Crippen molar-refractivity contribution in [2.75, 3.05) is 39.3 Å². The van der Waals surface area contributed by atoms with Crippen LogP contribution in [0, 0.1) is 11.8 Å². The Morgan fingerprint density at radius 1 is 0.386 bits per heavy atom. The molecule has 4 saturated heterocycles. The fourth-order valence-corrected chi connectivity index (χ4v) is 10.6. The maximum Gasteiger partial charge on any atom is 0.0236 e. The summed E-state index contributed by atoms with van der Waals surface area (Å²) in [5.74, 6) is 1.87. The van der Waals surface area contributed by atoms with Crippen LogP contribution in [0.1, 0.15) is 101 Å². The van der Waals surface area contributed by atoms with Gasteiger partial charge in [0, 0.05) is 37.3 Å². The summed E-state index contributed by atoms with van der Waals surface area (Å²) in [6.07, 6.45) is 20.1. The molecule has 240 valence electrons. The molecule has 4 heteroatoms. The number of benzene rings is 2. The monoisotopic (exact) mass is 596 g/mol. The highest BCUT2D eigenvalue weighted by Crippen LogP contribution is 2.41. The molecule has 0 radical (unpaired) electrons. The molecule has 6 aliphatic rings. The van der Waals surface area contributed by atoms with E-state index in [0.29, 0.717) is 0 Å². The van der Waals surface area contributed by atoms with Crippen LogP contribution in [0.25, 0.3) is 0 Å². The fourth-order valence-electron chi connectivity index (χ4n) is 10.6. The van der Waals surface area contributed by atoms with Gasteiger partial charge in [0.2, 0.25) is 0 Å². The molecule has 4 heterocycles. The third-order valence-electron chi connectivity index (χ3n) is 12.6. The maximum atomic E-state index is 2.84. The van der Waals surface area contributed by atoms with Crippen molar-refractivity contribution in [3.63, 3.8) is 0 Å². The van der Waals surface area contributed by atoms with Gasteiger partial charge >= 0.3 is 0 Å². The molecular formula is C40H60N4. The van der Waals surface area contributed by atoms with Crippen LogP contribution in [-0.4, -0.2) is 83.0 Å². The molecule has 4 nitrogen and oxygen atoms in total. The molecule has 4 aliphatic heterocycles. The second-order valence-electron chi connectivity index (χ2n) is 15.1. The Bertz CT molecular complexity index is 1020. The molecule has 6 atom stereocenters. The van der Waals surface area contributed by atoms with Gasteiger partial charge in [0.05, 0.1) is 0 Å². The standard InChI is InChI=1S/2C20H30N2/c2*1-2-8-17(9-3-1)16-22-15-7-10-18-19(11-6-12-20(18)22)21-13-4-5-14-21/h2*1-3,8-9,18-20H,4-7,10-16H2/t2*18-,19+,20+/m10/s1. The van der Waals surface area contributed by atoms with E-state index in [1.54, 1.807) is 0 Å². The van der Waals surface area contributed by atoms with Crippen molar-refractivity contribution < 1.29 is 0 Å². The summed E-state index contributed by atoms with van der Waals surface area (Å²) in [5, 5.41) is 0. The van der Waals surface area contributed by atoms with Crippen LogP contribution in [0.3, 0.4) is 0 Å². The summed E-state index contributed by atoms with van der Waals surface area (Å²) in [4.78, 5) is 11.3. The minimum Gasteiger partial charge on any atom is -0.300 e. The van der Waals surface area contributed by atoms with Gasteiger partial charge in [-0.3, -0.25) is 9.80 Å². The van der Waals surface area contributed by atoms with Crippen molar-refractivity contribution in [2.45, 2.75) is 127 Å². The highest BCUT2D eigenvalue weighted by molar-refractivity contribution is 5.16. The summed E-state index contributed by atoms with van der Waals surface area (Å²) >= 11 is 0. The number of likely N-dealkylation sites (tertiary alicyclic amines) is 4. The Balaban J connectivity index is 0.000000142. The second-order valence-corrected chi connectivity index (χ2v) is 15.1. The first-order valence-electron chi connectivity index (χ1n) is 18.9. The van der Waals surface area contributed by atoms with E-state index in [4.69, 9.17) is 0 Å². The number of rotatable bonds is 6. The third-order valence-corrected chi connectivity index (χ3v) is 12.6. The van der Waals surface area contributed by atoms with E-state index < -0.39 is 0 Å². The van der Waals surface area contributed by atoms with Crippen LogP contribution in [-0.2, 0) is 13.1 Å². The Labute approximate surface area is 269 Å². The molecule has 0 bridgehead atoms. The van der Waals surface area contributed by atoms with Crippen LogP contribution in [0.4, 0.5) is 0 Å². The van der Waals surface area contributed by atoms with Crippen molar-refractivity contribution in [1.82, 2.24) is 19.6 Å². The lowest BCUT2D eigenvalue weighted by molar-refractivity contribution is -0.00108. The van der Waals surface area contributed by atoms with Crippen LogP contribution in [0.15, 0.2) is 60.7 Å². The zero-order chi connectivity index (χ0) is 29.6. The largest absolute Gasteiger partial charge is 0.300 e. The minimum absolute atomic E-state index is 0.841. The second kappa shape index (κ2) is 15.2. The zero-order valence-electron chi connectivity index (χ0n) is 27.6. The Kier molecular flexibility index (Phi) is 10.7. The lowest BCUT2D eigenvalue weighted by atomic mass is 9.74. The van der Waals surface area contributed by atoms with Gasteiger partial charge in [-0.05, 0) is 139 Å². The normalized spacial score (nSPS) is 33.7. The molecule has 6 fully saturated rings. The van der Waals surface area contributed by atoms with Crippen molar-refractivity contribution in [3.8, 4) is 0 Å². The Morgan fingerprint density at radius 3 is 1.18 bits per heavy atom. The summed E-state index contributed by atoms with van der Waals surface area (Å²) in [5.41, 5.74) is 2.98. The molecule has 0 spiro atoms. The average Bonchev–Trinajstić information content (AvgIpc) is 3.82. The van der Waals surface area contributed by atoms with Gasteiger partial charge in [-0.1, -0.05) is 73.5 Å². The number of hydrogen-bond donors (Lipinski definition) is 0. The molecule has 8 rings (SSSR count). The van der Waals surface area contributed by atoms with Gasteiger partial charge < -0.3 is 9.80 Å². The topological polar surface area (TPSA) is 13.0 Å². The van der Waals surface area contributed by atoms with Crippen molar-refractivity contribution in [1.29, 1.82) is 0 Å². The SMILES string of the molecule is c1ccc(CN2CCC[C@@H]3[C@@H](N4CCCC4)CCC[C@@H]32)cc1.c1ccc(CN2CCC[C@H]3[C@H](N4CCCC4)CCC[C@H]32)cc1. The first-order chi connectivity index (χ1) is 21.8. The molecule has 2 aromatic rings. The van der Waals surface area contributed by atoms with E-state index in [1.165, 1.54) is 140 Å². The van der Waals surface area contributed by atoms with Gasteiger partial charge in [0.15, 0.2) is 0 Å². The van der Waals surface area contributed by atoms with E-state index in [0.717, 1.165) is 49.1 Å². The fraction of sp³-hybridized carbons (Fsp3) is 0.700. The van der Waals surface area contributed by atoms with Gasteiger partial charge in [-0.2, -0.15) is 0 Å². The van der Waals surface area contributed by atoms with Crippen LogP contribution in [0.2, 0.25) is 0 Å². The predicted molar refractivity (Wildman–Crippen MR) is 184 cm³/mol. The number of hydrogen-bond acceptors (Lipinski definition) is 4. The van der Waals surface area contributed by atoms with Crippen molar-refractivity contribution in [3.05, 3.63) is 71.8 Å². The van der Waals surface area contributed by atoms with Crippen LogP contribution in [0.5, 0.6) is 0 Å². The molecule has 2 aromatic carbocycles. The van der Waals surface area contributed by atoms with E-state index >= 15 is 0 Å². The third kappa shape index (κ3) is 7.30. The predicted octanol–water partition coefficient (Wildman–Crippen LogP) is 7.83. The molecule has 2 aliphatic carbocycles. The van der Waals surface area contributed by atoms with Gasteiger partial charge in [0.1, 0.15) is 0 Å². The molecule has 0 aromatic heterocycles. The quantitative estimate of drug-likeness (QED) is 0.337. The van der Waals surface area contributed by atoms with E-state index in [-0.39, 0.29) is 0 Å². The lowest BCUT2D eigenvalue weighted by Crippen LogP contribution is -2.55. The van der Waals surface area contributed by atoms with E-state index in [1.807, 2.05) is 0 Å². The average molecular weight is 597 g/mol. The summed E-state index contributed by atoms with van der Waals surface area (Å²) < 4.78 is 0. The molecular weight excluding hydrogens is 536 g/mol. The first-order valence-corrected chi connectivity index (χ1v) is 18.9. The molecule has 2 saturated carbocycles.